The number of piperidine rings is 1. The summed E-state index contributed by atoms with van der Waals surface area (Å²) in [5, 5.41) is 6.11. The maximum absolute atomic E-state index is 12.9. The van der Waals surface area contributed by atoms with Gasteiger partial charge in [0.15, 0.2) is 5.65 Å². The van der Waals surface area contributed by atoms with E-state index >= 15 is 0 Å². The second-order valence-electron chi connectivity index (χ2n) is 7.58. The van der Waals surface area contributed by atoms with Gasteiger partial charge in [0.25, 0.3) is 0 Å². The van der Waals surface area contributed by atoms with Gasteiger partial charge >= 0.3 is 0 Å². The van der Waals surface area contributed by atoms with Crippen LogP contribution in [0.1, 0.15) is 19.3 Å². The van der Waals surface area contributed by atoms with Gasteiger partial charge in [0.1, 0.15) is 17.0 Å². The van der Waals surface area contributed by atoms with Gasteiger partial charge in [-0.3, -0.25) is 4.98 Å². The predicted molar refractivity (Wildman–Crippen MR) is 118 cm³/mol. The van der Waals surface area contributed by atoms with Crippen molar-refractivity contribution in [3.05, 3.63) is 49.1 Å². The van der Waals surface area contributed by atoms with Crippen LogP contribution in [0, 0.1) is 0 Å². The second kappa shape index (κ2) is 8.20. The third-order valence-corrected chi connectivity index (χ3v) is 7.06. The molecule has 5 rings (SSSR count). The van der Waals surface area contributed by atoms with Crippen LogP contribution in [0.15, 0.2) is 53.9 Å². The quantitative estimate of drug-likeness (QED) is 0.493. The summed E-state index contributed by atoms with van der Waals surface area (Å²) in [6, 6.07) is 8.76. The van der Waals surface area contributed by atoms with Crippen molar-refractivity contribution in [3.63, 3.8) is 0 Å². The topological polar surface area (TPSA) is 106 Å². The minimum atomic E-state index is -3.71. The van der Waals surface area contributed by atoms with Gasteiger partial charge in [-0.15, -0.1) is 0 Å². The first-order chi connectivity index (χ1) is 15.1. The first-order valence-corrected chi connectivity index (χ1v) is 11.9. The zero-order valence-electron chi connectivity index (χ0n) is 17.0. The number of hydrogen-bond acceptors (Lipinski definition) is 7. The van der Waals surface area contributed by atoms with Gasteiger partial charge < -0.3 is 4.90 Å². The molecule has 0 bridgehead atoms. The predicted octanol–water partition coefficient (Wildman–Crippen LogP) is 2.34. The Morgan fingerprint density at radius 2 is 1.84 bits per heavy atom. The maximum atomic E-state index is 12.9. The van der Waals surface area contributed by atoms with Crippen molar-refractivity contribution in [3.8, 4) is 0 Å². The first-order valence-electron chi connectivity index (χ1n) is 10.4. The molecule has 10 heteroatoms. The van der Waals surface area contributed by atoms with Gasteiger partial charge in [-0.1, -0.05) is 18.2 Å². The van der Waals surface area contributed by atoms with E-state index in [2.05, 4.69) is 29.7 Å². The van der Waals surface area contributed by atoms with Gasteiger partial charge in [0, 0.05) is 31.2 Å². The van der Waals surface area contributed by atoms with Crippen LogP contribution in [-0.4, -0.2) is 52.8 Å². The summed E-state index contributed by atoms with van der Waals surface area (Å²) >= 11 is 0. The molecule has 1 fully saturated rings. The lowest BCUT2D eigenvalue weighted by molar-refractivity contribution is 0.565. The number of pyridine rings is 1. The molecule has 3 aromatic heterocycles. The summed E-state index contributed by atoms with van der Waals surface area (Å²) in [7, 11) is -3.71. The fourth-order valence-corrected chi connectivity index (χ4v) is 5.26. The number of rotatable bonds is 6. The Labute approximate surface area is 180 Å². The van der Waals surface area contributed by atoms with Crippen LogP contribution < -0.4 is 9.62 Å². The average Bonchev–Trinajstić information content (AvgIpc) is 3.22. The molecule has 1 aromatic carbocycles. The third kappa shape index (κ3) is 3.84. The molecule has 0 aliphatic carbocycles. The maximum Gasteiger partial charge on any atom is 0.242 e. The third-order valence-electron chi connectivity index (χ3n) is 5.57. The number of nitrogens with one attached hydrogen (secondary N) is 1. The summed E-state index contributed by atoms with van der Waals surface area (Å²) in [6.07, 6.45) is 8.47. The summed E-state index contributed by atoms with van der Waals surface area (Å²) in [6.45, 7) is 2.51. The molecule has 4 aromatic rings. The highest BCUT2D eigenvalue weighted by atomic mass is 32.2. The second-order valence-corrected chi connectivity index (χ2v) is 9.31. The van der Waals surface area contributed by atoms with Gasteiger partial charge in [-0.05, 0) is 31.4 Å². The number of hydrogen-bond donors (Lipinski definition) is 1. The van der Waals surface area contributed by atoms with E-state index in [1.54, 1.807) is 41.6 Å². The molecule has 0 spiro atoms. The summed E-state index contributed by atoms with van der Waals surface area (Å²) in [5.41, 5.74) is 1.17. The Bertz CT molecular complexity index is 1320. The standard InChI is InChI=1S/C21H23N7O2S/c29-31(30,18-8-4-6-16-7-5-9-22-19(16)18)26-10-13-28-21-17(14-25-28)20(23-15-24-21)27-11-2-1-3-12-27/h4-9,14-15,26H,1-3,10-13H2. The van der Waals surface area contributed by atoms with Gasteiger partial charge in [0.2, 0.25) is 10.0 Å². The Morgan fingerprint density at radius 3 is 2.71 bits per heavy atom. The molecule has 0 amide bonds. The van der Waals surface area contributed by atoms with Crippen molar-refractivity contribution in [2.75, 3.05) is 24.5 Å². The average molecular weight is 438 g/mol. The van der Waals surface area contributed by atoms with Crippen LogP contribution in [-0.2, 0) is 16.6 Å². The van der Waals surface area contributed by atoms with E-state index in [0.717, 1.165) is 42.5 Å². The van der Waals surface area contributed by atoms with E-state index in [4.69, 9.17) is 0 Å². The molecular formula is C21H23N7O2S. The molecule has 0 atom stereocenters. The smallest absolute Gasteiger partial charge is 0.242 e. The molecule has 0 radical (unpaired) electrons. The molecule has 4 heterocycles. The Kier molecular flexibility index (Phi) is 5.24. The molecule has 0 saturated carbocycles. The number of benzene rings is 1. The highest BCUT2D eigenvalue weighted by Gasteiger charge is 2.20. The van der Waals surface area contributed by atoms with E-state index in [0.29, 0.717) is 17.7 Å². The van der Waals surface area contributed by atoms with Gasteiger partial charge in [-0.25, -0.2) is 27.8 Å². The van der Waals surface area contributed by atoms with Crippen LogP contribution in [0.3, 0.4) is 0 Å². The number of para-hydroxylation sites is 1. The van der Waals surface area contributed by atoms with Crippen molar-refractivity contribution in [1.82, 2.24) is 29.5 Å². The minimum Gasteiger partial charge on any atom is -0.356 e. The molecule has 160 valence electrons. The normalized spacial score (nSPS) is 15.0. The summed E-state index contributed by atoms with van der Waals surface area (Å²) in [4.78, 5) is 15.5. The molecule has 1 aliphatic rings. The van der Waals surface area contributed by atoms with Crippen molar-refractivity contribution in [2.24, 2.45) is 0 Å². The molecule has 31 heavy (non-hydrogen) atoms. The summed E-state index contributed by atoms with van der Waals surface area (Å²) < 4.78 is 30.2. The van der Waals surface area contributed by atoms with Crippen LogP contribution in [0.5, 0.6) is 0 Å². The molecule has 1 N–H and O–H groups in total. The lowest BCUT2D eigenvalue weighted by Crippen LogP contribution is -2.30. The first kappa shape index (κ1) is 19.8. The largest absolute Gasteiger partial charge is 0.356 e. The Morgan fingerprint density at radius 1 is 1.00 bits per heavy atom. The monoisotopic (exact) mass is 437 g/mol. The van der Waals surface area contributed by atoms with Crippen LogP contribution in [0.25, 0.3) is 21.9 Å². The lowest BCUT2D eigenvalue weighted by atomic mass is 10.1. The molecule has 1 aliphatic heterocycles. The zero-order valence-corrected chi connectivity index (χ0v) is 17.8. The van der Waals surface area contributed by atoms with Crippen molar-refractivity contribution in [2.45, 2.75) is 30.7 Å². The van der Waals surface area contributed by atoms with Crippen molar-refractivity contribution < 1.29 is 8.42 Å². The highest BCUT2D eigenvalue weighted by molar-refractivity contribution is 7.89. The Balaban J connectivity index is 1.34. The fourth-order valence-electron chi connectivity index (χ4n) is 4.06. The van der Waals surface area contributed by atoms with E-state index in [1.807, 2.05) is 12.1 Å². The SMILES string of the molecule is O=S(=O)(NCCn1ncc2c(N3CCCCC3)ncnc21)c1cccc2cccnc12. The van der Waals surface area contributed by atoms with E-state index in [1.165, 1.54) is 6.42 Å². The minimum absolute atomic E-state index is 0.172. The number of sulfonamides is 1. The van der Waals surface area contributed by atoms with E-state index in [9.17, 15) is 8.42 Å². The fraction of sp³-hybridized carbons (Fsp3) is 0.333. The van der Waals surface area contributed by atoms with Crippen LogP contribution in [0.2, 0.25) is 0 Å². The molecule has 0 unspecified atom stereocenters. The number of anilines is 1. The van der Waals surface area contributed by atoms with Crippen LogP contribution in [0.4, 0.5) is 5.82 Å². The number of fused-ring (bicyclic) bond motifs is 2. The van der Waals surface area contributed by atoms with Gasteiger partial charge in [-0.2, -0.15) is 5.10 Å². The molecular weight excluding hydrogens is 414 g/mol. The lowest BCUT2D eigenvalue weighted by Gasteiger charge is -2.27. The molecule has 9 nitrogen and oxygen atoms in total. The van der Waals surface area contributed by atoms with Crippen LogP contribution >= 0.6 is 0 Å². The van der Waals surface area contributed by atoms with Gasteiger partial charge in [0.05, 0.1) is 23.6 Å². The number of aromatic nitrogens is 5. The summed E-state index contributed by atoms with van der Waals surface area (Å²) in [5.74, 6) is 0.901. The molecule has 1 saturated heterocycles. The zero-order chi connectivity index (χ0) is 21.3. The van der Waals surface area contributed by atoms with Crippen molar-refractivity contribution >= 4 is 37.8 Å². The van der Waals surface area contributed by atoms with Crippen molar-refractivity contribution in [1.29, 1.82) is 0 Å². The number of nitrogens with zero attached hydrogens (tertiary/aromatic N) is 6. The highest BCUT2D eigenvalue weighted by Crippen LogP contribution is 2.25. The van der Waals surface area contributed by atoms with E-state index in [-0.39, 0.29) is 11.4 Å². The van der Waals surface area contributed by atoms with E-state index < -0.39 is 10.0 Å². The Hall–Kier alpha value is -3.11.